The molecule has 0 spiro atoms. The molecule has 4 aromatic heterocycles. The minimum absolute atomic E-state index is 0.404. The summed E-state index contributed by atoms with van der Waals surface area (Å²) in [5, 5.41) is 9.55. The standard InChI is InChI=1S/C16H16ClN7.2C2H6/c1-4-23-7-5-12(20-23)11-9-24-13(10(11)2)14(17)19-15(21-24)16-18-6-8-22(16)3;2*1-2/h5-9H,4H2,1-3H3;2*1-2H3. The normalized spacial score (nSPS) is 10.3. The predicted octanol–water partition coefficient (Wildman–Crippen LogP) is 5.03. The molecule has 0 amide bonds. The number of aromatic nitrogens is 7. The van der Waals surface area contributed by atoms with Crippen molar-refractivity contribution in [3.05, 3.63) is 41.6 Å². The molecule has 0 aliphatic carbocycles. The SMILES string of the molecule is CC.CC.CCn1ccc(-c2cn3nc(-c4nccn4C)nc(Cl)c3c2C)n1. The number of nitrogens with zero attached hydrogens (tertiary/aromatic N) is 7. The molecule has 8 heteroatoms. The van der Waals surface area contributed by atoms with Gasteiger partial charge >= 0.3 is 0 Å². The van der Waals surface area contributed by atoms with Gasteiger partial charge in [0.15, 0.2) is 11.0 Å². The first-order valence-corrected chi connectivity index (χ1v) is 10.0. The van der Waals surface area contributed by atoms with E-state index in [1.807, 2.05) is 75.6 Å². The van der Waals surface area contributed by atoms with E-state index in [2.05, 4.69) is 27.1 Å². The molecule has 0 fully saturated rings. The van der Waals surface area contributed by atoms with Crippen molar-refractivity contribution < 1.29 is 0 Å². The number of imidazole rings is 1. The third kappa shape index (κ3) is 3.94. The maximum atomic E-state index is 6.44. The van der Waals surface area contributed by atoms with E-state index < -0.39 is 0 Å². The first-order chi connectivity index (χ1) is 13.6. The molecule has 0 N–H and O–H groups in total. The topological polar surface area (TPSA) is 65.8 Å². The molecule has 0 saturated heterocycles. The van der Waals surface area contributed by atoms with Crippen molar-refractivity contribution in [2.45, 2.75) is 48.1 Å². The quantitative estimate of drug-likeness (QED) is 0.483. The van der Waals surface area contributed by atoms with Crippen LogP contribution in [0.15, 0.2) is 30.9 Å². The molecule has 4 heterocycles. The van der Waals surface area contributed by atoms with Crippen LogP contribution in [0.1, 0.15) is 40.2 Å². The van der Waals surface area contributed by atoms with Crippen molar-refractivity contribution in [2.24, 2.45) is 7.05 Å². The Labute approximate surface area is 171 Å². The van der Waals surface area contributed by atoms with Crippen LogP contribution in [0.2, 0.25) is 5.15 Å². The van der Waals surface area contributed by atoms with E-state index in [9.17, 15) is 0 Å². The van der Waals surface area contributed by atoms with Crippen LogP contribution < -0.4 is 0 Å². The van der Waals surface area contributed by atoms with Gasteiger partial charge in [-0.3, -0.25) is 4.68 Å². The van der Waals surface area contributed by atoms with E-state index in [4.69, 9.17) is 11.6 Å². The van der Waals surface area contributed by atoms with Crippen molar-refractivity contribution in [1.82, 2.24) is 33.9 Å². The third-order valence-corrected chi connectivity index (χ3v) is 4.37. The van der Waals surface area contributed by atoms with Gasteiger partial charge in [0.2, 0.25) is 5.82 Å². The van der Waals surface area contributed by atoms with Gasteiger partial charge in [-0.2, -0.15) is 5.10 Å². The predicted molar refractivity (Wildman–Crippen MR) is 115 cm³/mol. The summed E-state index contributed by atoms with van der Waals surface area (Å²) in [5.41, 5.74) is 3.69. The zero-order valence-corrected chi connectivity index (χ0v) is 18.4. The maximum absolute atomic E-state index is 6.44. The van der Waals surface area contributed by atoms with Gasteiger partial charge < -0.3 is 4.57 Å². The molecule has 4 rings (SSSR count). The molecule has 0 aliphatic heterocycles. The Balaban J connectivity index is 0.000000660. The minimum atomic E-state index is 0.404. The van der Waals surface area contributed by atoms with Crippen LogP contribution in [0.4, 0.5) is 0 Å². The number of rotatable bonds is 3. The molecule has 0 aliphatic rings. The molecular formula is C20H28ClN7. The van der Waals surface area contributed by atoms with Crippen molar-refractivity contribution in [3.8, 4) is 22.9 Å². The van der Waals surface area contributed by atoms with E-state index in [0.717, 1.165) is 28.9 Å². The Morgan fingerprint density at radius 3 is 2.36 bits per heavy atom. The van der Waals surface area contributed by atoms with Crippen molar-refractivity contribution in [2.75, 3.05) is 0 Å². The molecule has 0 bridgehead atoms. The lowest BCUT2D eigenvalue weighted by atomic mass is 10.1. The average Bonchev–Trinajstić information content (AvgIpc) is 3.43. The molecule has 4 aromatic rings. The van der Waals surface area contributed by atoms with Gasteiger partial charge in [-0.25, -0.2) is 14.5 Å². The van der Waals surface area contributed by atoms with Gasteiger partial charge in [-0.1, -0.05) is 39.3 Å². The van der Waals surface area contributed by atoms with Gasteiger partial charge in [0.1, 0.15) is 5.52 Å². The molecule has 0 aromatic carbocycles. The Kier molecular flexibility index (Phi) is 7.34. The lowest BCUT2D eigenvalue weighted by Gasteiger charge is -2.03. The van der Waals surface area contributed by atoms with E-state index in [1.54, 1.807) is 10.7 Å². The first-order valence-electron chi connectivity index (χ1n) is 9.65. The molecule has 7 nitrogen and oxygen atoms in total. The van der Waals surface area contributed by atoms with E-state index in [0.29, 0.717) is 16.8 Å². The summed E-state index contributed by atoms with van der Waals surface area (Å²) >= 11 is 6.44. The smallest absolute Gasteiger partial charge is 0.217 e. The van der Waals surface area contributed by atoms with E-state index >= 15 is 0 Å². The second-order valence-corrected chi connectivity index (χ2v) is 5.96. The second kappa shape index (κ2) is 9.50. The highest BCUT2D eigenvalue weighted by atomic mass is 35.5. The summed E-state index contributed by atoms with van der Waals surface area (Å²) in [6.45, 7) is 12.9. The lowest BCUT2D eigenvalue weighted by molar-refractivity contribution is 0.662. The van der Waals surface area contributed by atoms with Crippen LogP contribution in [0.3, 0.4) is 0 Å². The van der Waals surface area contributed by atoms with Crippen LogP contribution in [-0.4, -0.2) is 33.9 Å². The van der Waals surface area contributed by atoms with Gasteiger partial charge in [-0.05, 0) is 25.5 Å². The third-order valence-electron chi connectivity index (χ3n) is 4.10. The number of halogens is 1. The van der Waals surface area contributed by atoms with Gasteiger partial charge in [-0.15, -0.1) is 5.10 Å². The largest absolute Gasteiger partial charge is 0.331 e. The number of hydrogen-bond donors (Lipinski definition) is 0. The highest BCUT2D eigenvalue weighted by molar-refractivity contribution is 6.33. The van der Waals surface area contributed by atoms with Crippen LogP contribution in [0.5, 0.6) is 0 Å². The second-order valence-electron chi connectivity index (χ2n) is 5.61. The summed E-state index contributed by atoms with van der Waals surface area (Å²) in [6.07, 6.45) is 7.46. The minimum Gasteiger partial charge on any atom is -0.331 e. The summed E-state index contributed by atoms with van der Waals surface area (Å²) in [6, 6.07) is 1.99. The van der Waals surface area contributed by atoms with Crippen molar-refractivity contribution >= 4 is 17.1 Å². The molecule has 0 atom stereocenters. The van der Waals surface area contributed by atoms with Crippen molar-refractivity contribution in [1.29, 1.82) is 0 Å². The summed E-state index contributed by atoms with van der Waals surface area (Å²) in [4.78, 5) is 8.70. The number of fused-ring (bicyclic) bond motifs is 1. The number of hydrogen-bond acceptors (Lipinski definition) is 4. The van der Waals surface area contributed by atoms with Crippen LogP contribution in [-0.2, 0) is 13.6 Å². The first kappa shape index (κ1) is 21.6. The zero-order valence-electron chi connectivity index (χ0n) is 17.6. The average molecular weight is 402 g/mol. The van der Waals surface area contributed by atoms with Gasteiger partial charge in [0.05, 0.1) is 5.69 Å². The summed E-state index contributed by atoms with van der Waals surface area (Å²) in [5.74, 6) is 1.16. The van der Waals surface area contributed by atoms with E-state index in [-0.39, 0.29) is 0 Å². The van der Waals surface area contributed by atoms with Crippen molar-refractivity contribution in [3.63, 3.8) is 0 Å². The zero-order chi connectivity index (χ0) is 20.8. The molecule has 0 radical (unpaired) electrons. The Bertz CT molecular complexity index is 1040. The molecule has 0 unspecified atom stereocenters. The summed E-state index contributed by atoms with van der Waals surface area (Å²) < 4.78 is 5.51. The summed E-state index contributed by atoms with van der Waals surface area (Å²) in [7, 11) is 1.90. The van der Waals surface area contributed by atoms with Crippen LogP contribution >= 0.6 is 11.6 Å². The monoisotopic (exact) mass is 401 g/mol. The van der Waals surface area contributed by atoms with Gasteiger partial charge in [0, 0.05) is 43.9 Å². The fraction of sp³-hybridized carbons (Fsp3) is 0.400. The molecular weight excluding hydrogens is 374 g/mol. The Morgan fingerprint density at radius 2 is 1.79 bits per heavy atom. The Hall–Kier alpha value is -2.67. The fourth-order valence-electron chi connectivity index (χ4n) is 2.80. The molecule has 0 saturated carbocycles. The van der Waals surface area contributed by atoms with E-state index in [1.165, 1.54) is 0 Å². The van der Waals surface area contributed by atoms with Crippen LogP contribution in [0.25, 0.3) is 28.4 Å². The fourth-order valence-corrected chi connectivity index (χ4v) is 3.11. The maximum Gasteiger partial charge on any atom is 0.217 e. The Morgan fingerprint density at radius 1 is 1.07 bits per heavy atom. The number of aryl methyl sites for hydroxylation is 3. The highest BCUT2D eigenvalue weighted by Gasteiger charge is 2.18. The van der Waals surface area contributed by atoms with Gasteiger partial charge in [0.25, 0.3) is 0 Å². The lowest BCUT2D eigenvalue weighted by Crippen LogP contribution is -2.02. The highest BCUT2D eigenvalue weighted by Crippen LogP contribution is 2.30. The molecule has 28 heavy (non-hydrogen) atoms. The van der Waals surface area contributed by atoms with Crippen LogP contribution in [0, 0.1) is 6.92 Å². The molecule has 150 valence electrons.